The van der Waals surface area contributed by atoms with Crippen molar-refractivity contribution in [2.24, 2.45) is 0 Å². The van der Waals surface area contributed by atoms with Crippen molar-refractivity contribution in [3.05, 3.63) is 59.7 Å². The lowest BCUT2D eigenvalue weighted by Crippen LogP contribution is -2.30. The van der Waals surface area contributed by atoms with Gasteiger partial charge in [0.2, 0.25) is 0 Å². The van der Waals surface area contributed by atoms with Crippen molar-refractivity contribution < 1.29 is 32.6 Å². The number of anilines is 1. The van der Waals surface area contributed by atoms with Crippen LogP contribution in [0.4, 0.5) is 14.5 Å². The highest BCUT2D eigenvalue weighted by molar-refractivity contribution is 5.96. The van der Waals surface area contributed by atoms with Crippen molar-refractivity contribution in [2.75, 3.05) is 19.5 Å². The molecule has 148 valence electrons. The molecule has 0 bridgehead atoms. The Bertz CT molecular complexity index is 856. The van der Waals surface area contributed by atoms with E-state index in [9.17, 15) is 18.4 Å². The third-order valence-corrected chi connectivity index (χ3v) is 3.66. The summed E-state index contributed by atoms with van der Waals surface area (Å²) < 4.78 is 42.4. The first-order valence-electron chi connectivity index (χ1n) is 8.20. The Balaban J connectivity index is 2.00. The van der Waals surface area contributed by atoms with E-state index in [1.54, 1.807) is 18.2 Å². The summed E-state index contributed by atoms with van der Waals surface area (Å²) in [6.07, 6.45) is 1.30. The molecular weight excluding hydrogens is 372 g/mol. The van der Waals surface area contributed by atoms with Crippen LogP contribution in [0.3, 0.4) is 0 Å². The van der Waals surface area contributed by atoms with E-state index < -0.39 is 35.3 Å². The largest absolute Gasteiger partial charge is 0.497 e. The summed E-state index contributed by atoms with van der Waals surface area (Å²) >= 11 is 0. The summed E-state index contributed by atoms with van der Waals surface area (Å²) in [5.74, 6) is -2.47. The van der Waals surface area contributed by atoms with Crippen LogP contribution in [0.2, 0.25) is 0 Å². The van der Waals surface area contributed by atoms with Crippen LogP contribution in [-0.2, 0) is 14.3 Å². The van der Waals surface area contributed by atoms with E-state index in [2.05, 4.69) is 5.32 Å². The first kappa shape index (κ1) is 20.9. The third kappa shape index (κ3) is 5.54. The topological polar surface area (TPSA) is 73.9 Å². The number of carbonyl (C=O) groups is 2. The normalized spacial score (nSPS) is 11.8. The molecular formula is C20H19F2NO5. The van der Waals surface area contributed by atoms with Crippen LogP contribution >= 0.6 is 0 Å². The number of benzene rings is 2. The van der Waals surface area contributed by atoms with Crippen LogP contribution < -0.4 is 14.8 Å². The Morgan fingerprint density at radius 3 is 2.14 bits per heavy atom. The predicted octanol–water partition coefficient (Wildman–Crippen LogP) is 3.57. The van der Waals surface area contributed by atoms with Gasteiger partial charge in [-0.2, -0.15) is 0 Å². The summed E-state index contributed by atoms with van der Waals surface area (Å²) in [4.78, 5) is 23.9. The van der Waals surface area contributed by atoms with Crippen molar-refractivity contribution in [3.63, 3.8) is 0 Å². The lowest BCUT2D eigenvalue weighted by Gasteiger charge is -2.13. The van der Waals surface area contributed by atoms with Gasteiger partial charge in [-0.25, -0.2) is 13.6 Å². The molecule has 2 aromatic rings. The zero-order valence-corrected chi connectivity index (χ0v) is 15.5. The van der Waals surface area contributed by atoms with Gasteiger partial charge < -0.3 is 19.5 Å². The number of hydrogen-bond acceptors (Lipinski definition) is 5. The molecule has 1 amide bonds. The molecule has 0 saturated heterocycles. The quantitative estimate of drug-likeness (QED) is 0.577. The fraction of sp³-hybridized carbons (Fsp3) is 0.200. The number of para-hydroxylation sites is 1. The Labute approximate surface area is 160 Å². The predicted molar refractivity (Wildman–Crippen MR) is 99.1 cm³/mol. The highest BCUT2D eigenvalue weighted by Gasteiger charge is 2.20. The Kier molecular flexibility index (Phi) is 7.08. The number of esters is 1. The molecule has 0 radical (unpaired) electrons. The molecule has 1 N–H and O–H groups in total. The number of rotatable bonds is 7. The molecule has 6 nitrogen and oxygen atoms in total. The van der Waals surface area contributed by atoms with Gasteiger partial charge in [0.05, 0.1) is 14.2 Å². The van der Waals surface area contributed by atoms with Crippen LogP contribution in [0.25, 0.3) is 6.08 Å². The van der Waals surface area contributed by atoms with Crippen molar-refractivity contribution in [3.8, 4) is 11.5 Å². The zero-order valence-electron chi connectivity index (χ0n) is 15.5. The van der Waals surface area contributed by atoms with Crippen LogP contribution in [0.15, 0.2) is 42.5 Å². The Morgan fingerprint density at radius 1 is 1.04 bits per heavy atom. The second kappa shape index (κ2) is 9.50. The Hall–Kier alpha value is -3.42. The molecule has 1 atom stereocenters. The van der Waals surface area contributed by atoms with Crippen LogP contribution in [0.5, 0.6) is 11.5 Å². The molecule has 0 unspecified atom stereocenters. The van der Waals surface area contributed by atoms with Crippen LogP contribution in [0.1, 0.15) is 12.5 Å². The molecule has 28 heavy (non-hydrogen) atoms. The number of hydrogen-bond donors (Lipinski definition) is 1. The van der Waals surface area contributed by atoms with Crippen LogP contribution in [0, 0.1) is 11.6 Å². The molecule has 8 heteroatoms. The van der Waals surface area contributed by atoms with E-state index in [4.69, 9.17) is 14.2 Å². The van der Waals surface area contributed by atoms with E-state index in [1.807, 2.05) is 0 Å². The summed E-state index contributed by atoms with van der Waals surface area (Å²) in [7, 11) is 2.99. The number of nitrogens with one attached hydrogen (secondary N) is 1. The summed E-state index contributed by atoms with van der Waals surface area (Å²) in [6, 6.07) is 8.18. The summed E-state index contributed by atoms with van der Waals surface area (Å²) in [6.45, 7) is 1.29. The highest BCUT2D eigenvalue weighted by Crippen LogP contribution is 2.23. The Morgan fingerprint density at radius 2 is 1.61 bits per heavy atom. The van der Waals surface area contributed by atoms with E-state index >= 15 is 0 Å². The standard InChI is InChI=1S/C20H19F2NO5/c1-12(20(25)23-19-16(21)5-4-6-17(19)22)28-18(24)8-7-13-9-14(26-2)11-15(10-13)27-3/h4-12H,1-3H3,(H,23,25)/b8-7+/t12-/m0/s1. The molecule has 0 fully saturated rings. The maximum absolute atomic E-state index is 13.6. The molecule has 0 saturated carbocycles. The minimum absolute atomic E-state index is 0.534. The van der Waals surface area contributed by atoms with Gasteiger partial charge in [-0.1, -0.05) is 6.07 Å². The SMILES string of the molecule is COc1cc(/C=C/C(=O)O[C@@H](C)C(=O)Nc2c(F)cccc2F)cc(OC)c1. The average Bonchev–Trinajstić information content (AvgIpc) is 2.68. The lowest BCUT2D eigenvalue weighted by atomic mass is 10.2. The maximum atomic E-state index is 13.6. The lowest BCUT2D eigenvalue weighted by molar-refractivity contribution is -0.148. The van der Waals surface area contributed by atoms with Gasteiger partial charge >= 0.3 is 5.97 Å². The van der Waals surface area contributed by atoms with E-state index in [1.165, 1.54) is 33.3 Å². The van der Waals surface area contributed by atoms with E-state index in [-0.39, 0.29) is 0 Å². The van der Waals surface area contributed by atoms with Gasteiger partial charge in [0.25, 0.3) is 5.91 Å². The molecule has 0 spiro atoms. The number of halogens is 2. The first-order valence-corrected chi connectivity index (χ1v) is 8.20. The van der Waals surface area contributed by atoms with Crippen molar-refractivity contribution in [1.29, 1.82) is 0 Å². The third-order valence-electron chi connectivity index (χ3n) is 3.66. The minimum Gasteiger partial charge on any atom is -0.497 e. The number of amides is 1. The van der Waals surface area contributed by atoms with Gasteiger partial charge in [-0.15, -0.1) is 0 Å². The molecule has 2 aromatic carbocycles. The van der Waals surface area contributed by atoms with Crippen molar-refractivity contribution in [1.82, 2.24) is 0 Å². The number of ether oxygens (including phenoxy) is 3. The first-order chi connectivity index (χ1) is 13.3. The molecule has 0 aromatic heterocycles. The summed E-state index contributed by atoms with van der Waals surface area (Å²) in [5.41, 5.74) is 0.00750. The van der Waals surface area contributed by atoms with Crippen molar-refractivity contribution >= 4 is 23.6 Å². The van der Waals surface area contributed by atoms with E-state index in [0.717, 1.165) is 18.2 Å². The van der Waals surface area contributed by atoms with Gasteiger partial charge in [-0.3, -0.25) is 4.79 Å². The van der Waals surface area contributed by atoms with Gasteiger partial charge in [-0.05, 0) is 42.8 Å². The molecule has 0 aliphatic rings. The zero-order chi connectivity index (χ0) is 20.7. The number of carbonyl (C=O) groups excluding carboxylic acids is 2. The van der Waals surface area contributed by atoms with E-state index in [0.29, 0.717) is 17.1 Å². The fourth-order valence-electron chi connectivity index (χ4n) is 2.20. The van der Waals surface area contributed by atoms with Crippen molar-refractivity contribution in [2.45, 2.75) is 13.0 Å². The monoisotopic (exact) mass is 391 g/mol. The van der Waals surface area contributed by atoms with Gasteiger partial charge in [0.1, 0.15) is 28.8 Å². The second-order valence-corrected chi connectivity index (χ2v) is 5.64. The fourth-order valence-corrected chi connectivity index (χ4v) is 2.20. The second-order valence-electron chi connectivity index (χ2n) is 5.64. The van der Waals surface area contributed by atoms with Gasteiger partial charge in [0, 0.05) is 12.1 Å². The summed E-state index contributed by atoms with van der Waals surface area (Å²) in [5, 5.41) is 2.06. The smallest absolute Gasteiger partial charge is 0.331 e. The highest BCUT2D eigenvalue weighted by atomic mass is 19.1. The molecule has 0 aliphatic carbocycles. The molecule has 0 heterocycles. The van der Waals surface area contributed by atoms with Crippen LogP contribution in [-0.4, -0.2) is 32.2 Å². The number of methoxy groups -OCH3 is 2. The van der Waals surface area contributed by atoms with Gasteiger partial charge in [0.15, 0.2) is 6.10 Å². The molecule has 0 aliphatic heterocycles. The maximum Gasteiger partial charge on any atom is 0.331 e. The average molecular weight is 391 g/mol. The minimum atomic E-state index is -1.27. The molecule has 2 rings (SSSR count).